The van der Waals surface area contributed by atoms with Gasteiger partial charge in [0.2, 0.25) is 0 Å². The topological polar surface area (TPSA) is 118 Å². The van der Waals surface area contributed by atoms with E-state index >= 15 is 0 Å². The van der Waals surface area contributed by atoms with E-state index in [2.05, 4.69) is 65.3 Å². The lowest BCUT2D eigenvalue weighted by Gasteiger charge is -2.15. The maximum absolute atomic E-state index is 13.4. The molecule has 0 unspecified atom stereocenters. The monoisotopic (exact) mass is 656 g/mol. The molecule has 0 saturated heterocycles. The standard InChI is InChI=1S/C39H44N8O2/c1-8-11-29(24-40-7)42-27(3)43-36-22-28(20-21-41-36)25-49-34-19-18-33(31-12-9-10-13-32(31)34)44-38(48)45-37-23-35(39(4,5)6)46-47(37)30-16-14-26(2)15-17-30/h9-10,12-24H,7-8,11,25H2,1-6H3,(H,41,42,43)(H2,44,45,48)/b29-24-. The average Bonchev–Trinajstić information content (AvgIpc) is 3.49. The van der Waals surface area contributed by atoms with Crippen molar-refractivity contribution >= 4 is 46.7 Å². The van der Waals surface area contributed by atoms with Gasteiger partial charge >= 0.3 is 6.03 Å². The number of amidine groups is 1. The van der Waals surface area contributed by atoms with Crippen LogP contribution in [0.3, 0.4) is 0 Å². The number of benzene rings is 3. The van der Waals surface area contributed by atoms with Crippen LogP contribution in [0.15, 0.2) is 107 Å². The Morgan fingerprint density at radius 3 is 2.45 bits per heavy atom. The van der Waals surface area contributed by atoms with E-state index in [4.69, 9.17) is 9.84 Å². The summed E-state index contributed by atoms with van der Waals surface area (Å²) in [5.41, 5.74) is 5.13. The first-order chi connectivity index (χ1) is 23.5. The number of fused-ring (bicyclic) bond motifs is 1. The van der Waals surface area contributed by atoms with E-state index in [0.29, 0.717) is 35.5 Å². The minimum Gasteiger partial charge on any atom is -0.488 e. The Balaban J connectivity index is 1.31. The molecule has 0 saturated carbocycles. The van der Waals surface area contributed by atoms with Gasteiger partial charge in [0, 0.05) is 34.7 Å². The Labute approximate surface area is 288 Å². The molecule has 0 radical (unpaired) electrons. The molecule has 0 fully saturated rings. The summed E-state index contributed by atoms with van der Waals surface area (Å²) in [5, 5.41) is 15.9. The maximum atomic E-state index is 13.4. The molecule has 2 heterocycles. The van der Waals surface area contributed by atoms with Crippen LogP contribution >= 0.6 is 0 Å². The molecule has 3 N–H and O–H groups in total. The molecule has 0 atom stereocenters. The number of urea groups is 1. The third-order valence-corrected chi connectivity index (χ3v) is 7.72. The van der Waals surface area contributed by atoms with Crippen LogP contribution in [-0.2, 0) is 12.0 Å². The van der Waals surface area contributed by atoms with Gasteiger partial charge in [0.05, 0.1) is 22.8 Å². The number of carbonyl (C=O) groups excluding carboxylic acids is 1. The summed E-state index contributed by atoms with van der Waals surface area (Å²) in [6.45, 7) is 16.2. The number of ether oxygens (including phenoxy) is 1. The van der Waals surface area contributed by atoms with Crippen LogP contribution < -0.4 is 20.7 Å². The molecule has 10 nitrogen and oxygen atoms in total. The number of amides is 2. The van der Waals surface area contributed by atoms with Crippen molar-refractivity contribution in [3.05, 3.63) is 114 Å². The van der Waals surface area contributed by atoms with Gasteiger partial charge in [0.15, 0.2) is 0 Å². The Kier molecular flexibility index (Phi) is 10.9. The number of rotatable bonds is 11. The van der Waals surface area contributed by atoms with Crippen molar-refractivity contribution in [2.75, 3.05) is 16.0 Å². The molecule has 0 bridgehead atoms. The number of carbonyl (C=O) groups is 1. The highest BCUT2D eigenvalue weighted by molar-refractivity contribution is 6.07. The zero-order valence-corrected chi connectivity index (χ0v) is 29.0. The van der Waals surface area contributed by atoms with Crippen LogP contribution in [0.1, 0.15) is 64.3 Å². The van der Waals surface area contributed by atoms with Crippen LogP contribution in [0.4, 0.5) is 22.1 Å². The van der Waals surface area contributed by atoms with Crippen LogP contribution in [0, 0.1) is 6.92 Å². The summed E-state index contributed by atoms with van der Waals surface area (Å²) in [5.74, 6) is 2.65. The second kappa shape index (κ2) is 15.4. The van der Waals surface area contributed by atoms with Crippen molar-refractivity contribution < 1.29 is 9.53 Å². The molecule has 10 heteroatoms. The van der Waals surface area contributed by atoms with Gasteiger partial charge in [-0.3, -0.25) is 10.3 Å². The van der Waals surface area contributed by atoms with Crippen LogP contribution in [0.2, 0.25) is 0 Å². The molecule has 5 rings (SSSR count). The van der Waals surface area contributed by atoms with E-state index < -0.39 is 0 Å². The minimum atomic E-state index is -0.374. The van der Waals surface area contributed by atoms with E-state index in [0.717, 1.165) is 51.8 Å². The van der Waals surface area contributed by atoms with Gasteiger partial charge in [-0.15, -0.1) is 0 Å². The molecule has 0 aliphatic carbocycles. The van der Waals surface area contributed by atoms with Crippen molar-refractivity contribution in [2.24, 2.45) is 9.98 Å². The van der Waals surface area contributed by atoms with Crippen molar-refractivity contribution in [3.8, 4) is 11.4 Å². The lowest BCUT2D eigenvalue weighted by molar-refractivity contribution is 0.262. The van der Waals surface area contributed by atoms with E-state index in [1.807, 2.05) is 92.7 Å². The highest BCUT2D eigenvalue weighted by atomic mass is 16.5. The number of nitrogens with zero attached hydrogens (tertiary/aromatic N) is 5. The summed E-state index contributed by atoms with van der Waals surface area (Å²) < 4.78 is 8.07. The van der Waals surface area contributed by atoms with Gasteiger partial charge < -0.3 is 15.4 Å². The second-order valence-electron chi connectivity index (χ2n) is 12.9. The zero-order chi connectivity index (χ0) is 35.0. The van der Waals surface area contributed by atoms with Crippen LogP contribution in [0.25, 0.3) is 16.5 Å². The van der Waals surface area contributed by atoms with Gasteiger partial charge in [0.25, 0.3) is 0 Å². The molecule has 0 aliphatic rings. The second-order valence-corrected chi connectivity index (χ2v) is 12.9. The summed E-state index contributed by atoms with van der Waals surface area (Å²) >= 11 is 0. The van der Waals surface area contributed by atoms with Crippen LogP contribution in [0.5, 0.6) is 5.75 Å². The first kappa shape index (κ1) is 34.6. The molecule has 2 aromatic heterocycles. The number of allylic oxidation sites excluding steroid dienone is 1. The van der Waals surface area contributed by atoms with E-state index in [-0.39, 0.29) is 11.4 Å². The smallest absolute Gasteiger partial charge is 0.324 e. The average molecular weight is 657 g/mol. The zero-order valence-electron chi connectivity index (χ0n) is 29.0. The number of nitrogens with one attached hydrogen (secondary N) is 3. The van der Waals surface area contributed by atoms with Crippen LogP contribution in [-0.4, -0.2) is 33.3 Å². The molecule has 0 aliphatic heterocycles. The number of aromatic nitrogens is 3. The summed E-state index contributed by atoms with van der Waals surface area (Å²) in [4.78, 5) is 26.3. The molecule has 2 amide bonds. The molecule has 0 spiro atoms. The van der Waals surface area contributed by atoms with Crippen molar-refractivity contribution in [3.63, 3.8) is 0 Å². The van der Waals surface area contributed by atoms with Gasteiger partial charge in [0.1, 0.15) is 29.8 Å². The third kappa shape index (κ3) is 8.98. The number of hydrogen-bond donors (Lipinski definition) is 3. The molecule has 5 aromatic rings. The minimum absolute atomic E-state index is 0.199. The van der Waals surface area contributed by atoms with E-state index in [1.165, 1.54) is 0 Å². The lowest BCUT2D eigenvalue weighted by Crippen LogP contribution is -2.21. The van der Waals surface area contributed by atoms with Gasteiger partial charge in [-0.1, -0.05) is 76.1 Å². The first-order valence-corrected chi connectivity index (χ1v) is 16.4. The van der Waals surface area contributed by atoms with E-state index in [1.54, 1.807) is 17.1 Å². The highest BCUT2D eigenvalue weighted by Crippen LogP contribution is 2.33. The Hall–Kier alpha value is -5.77. The number of aliphatic imine (C=N–C) groups is 2. The number of aryl methyl sites for hydroxylation is 1. The van der Waals surface area contributed by atoms with Gasteiger partial charge in [-0.05, 0) is 68.9 Å². The van der Waals surface area contributed by atoms with Gasteiger partial charge in [-0.2, -0.15) is 5.10 Å². The fraction of sp³-hybridized carbons (Fsp3) is 0.256. The number of anilines is 3. The number of pyridine rings is 1. The summed E-state index contributed by atoms with van der Waals surface area (Å²) in [6, 6.07) is 25.0. The Morgan fingerprint density at radius 1 is 0.980 bits per heavy atom. The highest BCUT2D eigenvalue weighted by Gasteiger charge is 2.22. The van der Waals surface area contributed by atoms with Crippen molar-refractivity contribution in [1.82, 2.24) is 14.8 Å². The normalized spacial score (nSPS) is 12.1. The SMILES string of the molecule is C=N/C=C(CCC)\N=C(/C)Nc1cc(COc2ccc(NC(=O)Nc3cc(C(C)(C)C)nn3-c3ccc(C)cc3)c3ccccc23)ccn1. The fourth-order valence-corrected chi connectivity index (χ4v) is 5.23. The van der Waals surface area contributed by atoms with E-state index in [9.17, 15) is 4.79 Å². The summed E-state index contributed by atoms with van der Waals surface area (Å²) in [7, 11) is 0. The van der Waals surface area contributed by atoms with Crippen molar-refractivity contribution in [2.45, 2.75) is 66.4 Å². The Morgan fingerprint density at radius 2 is 1.73 bits per heavy atom. The first-order valence-electron chi connectivity index (χ1n) is 16.4. The van der Waals surface area contributed by atoms with Gasteiger partial charge in [-0.25, -0.2) is 19.5 Å². The summed E-state index contributed by atoms with van der Waals surface area (Å²) in [6.07, 6.45) is 5.18. The maximum Gasteiger partial charge on any atom is 0.324 e. The Bertz CT molecular complexity index is 2000. The fourth-order valence-electron chi connectivity index (χ4n) is 5.23. The number of hydrogen-bond acceptors (Lipinski definition) is 6. The largest absolute Gasteiger partial charge is 0.488 e. The molecular weight excluding hydrogens is 612 g/mol. The third-order valence-electron chi connectivity index (χ3n) is 7.72. The predicted octanol–water partition coefficient (Wildman–Crippen LogP) is 9.42. The molecular formula is C39H44N8O2. The lowest BCUT2D eigenvalue weighted by atomic mass is 9.92. The molecule has 3 aromatic carbocycles. The quantitative estimate of drug-likeness (QED) is 0.0967. The molecule has 252 valence electrons. The predicted molar refractivity (Wildman–Crippen MR) is 201 cm³/mol. The molecule has 49 heavy (non-hydrogen) atoms. The van der Waals surface area contributed by atoms with Crippen molar-refractivity contribution in [1.29, 1.82) is 0 Å².